The third-order valence-electron chi connectivity index (χ3n) is 1.86. The molecule has 4 heteroatoms. The van der Waals surface area contributed by atoms with Gasteiger partial charge in [0.25, 0.3) is 0 Å². The molecule has 0 atom stereocenters. The van der Waals surface area contributed by atoms with Gasteiger partial charge in [-0.25, -0.2) is 9.18 Å². The minimum atomic E-state index is -0.619. The Morgan fingerprint density at radius 2 is 2.07 bits per heavy atom. The zero-order chi connectivity index (χ0) is 10.1. The van der Waals surface area contributed by atoms with Gasteiger partial charge in [0.2, 0.25) is 0 Å². The van der Waals surface area contributed by atoms with Crippen molar-refractivity contribution in [3.63, 3.8) is 0 Å². The Morgan fingerprint density at radius 3 is 2.79 bits per heavy atom. The first-order valence-electron chi connectivity index (χ1n) is 3.89. The van der Waals surface area contributed by atoms with Crippen molar-refractivity contribution in [1.29, 1.82) is 0 Å². The second kappa shape index (κ2) is 3.06. The number of benzene rings is 1. The molecule has 2 rings (SSSR count). The predicted molar refractivity (Wildman–Crippen MR) is 47.8 cm³/mol. The van der Waals surface area contributed by atoms with Crippen molar-refractivity contribution in [2.45, 2.75) is 0 Å². The molecular formula is C10H5FO3. The van der Waals surface area contributed by atoms with Gasteiger partial charge in [0.1, 0.15) is 11.4 Å². The van der Waals surface area contributed by atoms with Crippen molar-refractivity contribution >= 4 is 17.3 Å². The van der Waals surface area contributed by atoms with E-state index in [9.17, 15) is 14.0 Å². The minimum absolute atomic E-state index is 0.135. The van der Waals surface area contributed by atoms with Gasteiger partial charge >= 0.3 is 5.63 Å². The topological polar surface area (TPSA) is 47.3 Å². The van der Waals surface area contributed by atoms with E-state index in [0.717, 1.165) is 12.1 Å². The molecule has 1 heterocycles. The summed E-state index contributed by atoms with van der Waals surface area (Å²) in [6.07, 6.45) is 0.499. The number of carbonyl (C=O) groups is 1. The van der Waals surface area contributed by atoms with Crippen LogP contribution in [0.15, 0.2) is 33.5 Å². The molecule has 14 heavy (non-hydrogen) atoms. The van der Waals surface area contributed by atoms with Gasteiger partial charge in [-0.1, -0.05) is 0 Å². The summed E-state index contributed by atoms with van der Waals surface area (Å²) in [7, 11) is 0. The fourth-order valence-corrected chi connectivity index (χ4v) is 1.26. The molecule has 0 amide bonds. The standard InChI is InChI=1S/C10H5FO3/c11-7-1-2-9-8(4-7)6(5-12)3-10(13)14-9/h1-5H. The van der Waals surface area contributed by atoms with Crippen LogP contribution in [0.1, 0.15) is 10.4 Å². The molecular weight excluding hydrogens is 187 g/mol. The fourth-order valence-electron chi connectivity index (χ4n) is 1.26. The summed E-state index contributed by atoms with van der Waals surface area (Å²) >= 11 is 0. The molecule has 70 valence electrons. The molecule has 2 aromatic rings. The van der Waals surface area contributed by atoms with Crippen LogP contribution in [-0.2, 0) is 0 Å². The first-order valence-corrected chi connectivity index (χ1v) is 3.89. The summed E-state index contributed by atoms with van der Waals surface area (Å²) in [6, 6.07) is 4.68. The van der Waals surface area contributed by atoms with Gasteiger partial charge in [-0.3, -0.25) is 4.79 Å². The molecule has 3 nitrogen and oxygen atoms in total. The number of aldehydes is 1. The minimum Gasteiger partial charge on any atom is -0.423 e. The van der Waals surface area contributed by atoms with Crippen LogP contribution in [-0.4, -0.2) is 6.29 Å². The highest BCUT2D eigenvalue weighted by Crippen LogP contribution is 2.16. The molecule has 0 aliphatic carbocycles. The van der Waals surface area contributed by atoms with Gasteiger partial charge in [0, 0.05) is 17.0 Å². The van der Waals surface area contributed by atoms with E-state index in [1.807, 2.05) is 0 Å². The quantitative estimate of drug-likeness (QED) is 0.510. The maximum absolute atomic E-state index is 12.8. The number of fused-ring (bicyclic) bond motifs is 1. The first-order chi connectivity index (χ1) is 6.70. The Bertz CT molecular complexity index is 557. The lowest BCUT2D eigenvalue weighted by molar-refractivity contribution is 0.112. The van der Waals surface area contributed by atoms with Gasteiger partial charge in [-0.05, 0) is 18.2 Å². The van der Waals surface area contributed by atoms with Crippen molar-refractivity contribution in [1.82, 2.24) is 0 Å². The second-order valence-corrected chi connectivity index (χ2v) is 2.78. The van der Waals surface area contributed by atoms with E-state index >= 15 is 0 Å². The Morgan fingerprint density at radius 1 is 1.29 bits per heavy atom. The molecule has 0 saturated heterocycles. The molecule has 0 radical (unpaired) electrons. The molecule has 1 aromatic carbocycles. The van der Waals surface area contributed by atoms with Crippen LogP contribution < -0.4 is 5.63 Å². The highest BCUT2D eigenvalue weighted by molar-refractivity contribution is 5.95. The summed E-state index contributed by atoms with van der Waals surface area (Å²) in [4.78, 5) is 21.5. The third-order valence-corrected chi connectivity index (χ3v) is 1.86. The number of hydrogen-bond acceptors (Lipinski definition) is 3. The van der Waals surface area contributed by atoms with Crippen LogP contribution in [0.5, 0.6) is 0 Å². The van der Waals surface area contributed by atoms with E-state index in [-0.39, 0.29) is 11.1 Å². The van der Waals surface area contributed by atoms with Crippen LogP contribution in [0.3, 0.4) is 0 Å². The number of carbonyl (C=O) groups excluding carboxylic acids is 1. The highest BCUT2D eigenvalue weighted by atomic mass is 19.1. The highest BCUT2D eigenvalue weighted by Gasteiger charge is 2.05. The van der Waals surface area contributed by atoms with E-state index in [0.29, 0.717) is 11.7 Å². The van der Waals surface area contributed by atoms with E-state index in [2.05, 4.69) is 0 Å². The van der Waals surface area contributed by atoms with Crippen LogP contribution in [0.2, 0.25) is 0 Å². The Kier molecular flexibility index (Phi) is 1.89. The van der Waals surface area contributed by atoms with Crippen LogP contribution in [0.25, 0.3) is 11.0 Å². The summed E-state index contributed by atoms with van der Waals surface area (Å²) in [5.74, 6) is -0.477. The van der Waals surface area contributed by atoms with E-state index in [1.165, 1.54) is 12.1 Å². The van der Waals surface area contributed by atoms with Crippen molar-refractivity contribution in [2.75, 3.05) is 0 Å². The molecule has 0 aliphatic rings. The van der Waals surface area contributed by atoms with Gasteiger partial charge < -0.3 is 4.42 Å². The van der Waals surface area contributed by atoms with Crippen molar-refractivity contribution in [3.05, 3.63) is 46.1 Å². The van der Waals surface area contributed by atoms with Crippen molar-refractivity contribution < 1.29 is 13.6 Å². The normalized spacial score (nSPS) is 10.4. The summed E-state index contributed by atoms with van der Waals surface area (Å²) in [5.41, 5.74) is -0.275. The second-order valence-electron chi connectivity index (χ2n) is 2.78. The average molecular weight is 192 g/mol. The smallest absolute Gasteiger partial charge is 0.336 e. The predicted octanol–water partition coefficient (Wildman–Crippen LogP) is 1.74. The molecule has 0 aliphatic heterocycles. The maximum atomic E-state index is 12.8. The average Bonchev–Trinajstić information content (AvgIpc) is 2.17. The lowest BCUT2D eigenvalue weighted by Gasteiger charge is -1.98. The molecule has 0 unspecified atom stereocenters. The molecule has 0 N–H and O–H groups in total. The third kappa shape index (κ3) is 1.31. The van der Waals surface area contributed by atoms with Crippen LogP contribution >= 0.6 is 0 Å². The molecule has 0 saturated carbocycles. The molecule has 0 fully saturated rings. The van der Waals surface area contributed by atoms with Gasteiger partial charge in [-0.15, -0.1) is 0 Å². The maximum Gasteiger partial charge on any atom is 0.336 e. The van der Waals surface area contributed by atoms with Crippen molar-refractivity contribution in [2.24, 2.45) is 0 Å². The molecule has 0 bridgehead atoms. The molecule has 1 aromatic heterocycles. The monoisotopic (exact) mass is 192 g/mol. The van der Waals surface area contributed by atoms with E-state index in [1.54, 1.807) is 0 Å². The SMILES string of the molecule is O=Cc1cc(=O)oc2ccc(F)cc12. The lowest BCUT2D eigenvalue weighted by Crippen LogP contribution is -1.99. The zero-order valence-electron chi connectivity index (χ0n) is 6.99. The Hall–Kier alpha value is -1.97. The fraction of sp³-hybridized carbons (Fsp3) is 0. The molecule has 0 spiro atoms. The van der Waals surface area contributed by atoms with Gasteiger partial charge in [0.05, 0.1) is 0 Å². The van der Waals surface area contributed by atoms with Crippen LogP contribution in [0.4, 0.5) is 4.39 Å². The summed E-state index contributed by atoms with van der Waals surface area (Å²) < 4.78 is 17.6. The summed E-state index contributed by atoms with van der Waals surface area (Å²) in [5, 5.41) is 0.305. The Labute approximate surface area is 77.8 Å². The zero-order valence-corrected chi connectivity index (χ0v) is 6.99. The largest absolute Gasteiger partial charge is 0.423 e. The first kappa shape index (κ1) is 8.62. The van der Waals surface area contributed by atoms with E-state index in [4.69, 9.17) is 4.42 Å². The van der Waals surface area contributed by atoms with Crippen LogP contribution in [0, 0.1) is 5.82 Å². The number of hydrogen-bond donors (Lipinski definition) is 0. The van der Waals surface area contributed by atoms with Gasteiger partial charge in [0.15, 0.2) is 6.29 Å². The van der Waals surface area contributed by atoms with Crippen molar-refractivity contribution in [3.8, 4) is 0 Å². The summed E-state index contributed by atoms with van der Waals surface area (Å²) in [6.45, 7) is 0. The lowest BCUT2D eigenvalue weighted by atomic mass is 10.1. The Balaban J connectivity index is 2.95. The van der Waals surface area contributed by atoms with Gasteiger partial charge in [-0.2, -0.15) is 0 Å². The van der Waals surface area contributed by atoms with E-state index < -0.39 is 11.4 Å². The number of rotatable bonds is 1. The number of halogens is 1.